The molecule has 2 aromatic heterocycles. The molecule has 1 fully saturated rings. The van der Waals surface area contributed by atoms with Crippen LogP contribution < -0.4 is 16.4 Å². The van der Waals surface area contributed by atoms with Gasteiger partial charge in [-0.2, -0.15) is 9.97 Å². The quantitative estimate of drug-likeness (QED) is 0.157. The van der Waals surface area contributed by atoms with E-state index in [1.54, 1.807) is 6.92 Å². The van der Waals surface area contributed by atoms with Crippen molar-refractivity contribution in [2.75, 3.05) is 17.6 Å². The van der Waals surface area contributed by atoms with Gasteiger partial charge in [0.05, 0.1) is 6.33 Å². The number of aryl methyl sites for hydroxylation is 1. The monoisotopic (exact) mass is 529 g/mol. The zero-order chi connectivity index (χ0) is 27.4. The number of nitrogen functional groups attached to an aromatic ring is 1. The Labute approximate surface area is 217 Å². The van der Waals surface area contributed by atoms with Crippen molar-refractivity contribution in [2.24, 2.45) is 0 Å². The molecule has 14 nitrogen and oxygen atoms in total. The number of hydrogen-bond donors (Lipinski definition) is 7. The van der Waals surface area contributed by atoms with Crippen LogP contribution >= 0.6 is 0 Å². The Morgan fingerprint density at radius 2 is 1.82 bits per heavy atom. The van der Waals surface area contributed by atoms with Crippen LogP contribution in [0.15, 0.2) is 30.6 Å². The summed E-state index contributed by atoms with van der Waals surface area (Å²) in [4.78, 5) is 35.2. The van der Waals surface area contributed by atoms with Gasteiger partial charge in [-0.15, -0.1) is 0 Å². The summed E-state index contributed by atoms with van der Waals surface area (Å²) in [5.41, 5.74) is 8.57. The molecular weight excluding hydrogens is 498 g/mol. The van der Waals surface area contributed by atoms with Gasteiger partial charge < -0.3 is 41.5 Å². The summed E-state index contributed by atoms with van der Waals surface area (Å²) in [6.45, 7) is 2.08. The van der Waals surface area contributed by atoms with E-state index < -0.39 is 42.6 Å². The fourth-order valence-corrected chi connectivity index (χ4v) is 4.17. The second kappa shape index (κ2) is 11.7. The fraction of sp³-hybridized carbons (Fsp3) is 0.458. The van der Waals surface area contributed by atoms with E-state index in [1.165, 1.54) is 10.9 Å². The number of aliphatic hydroxyl groups excluding tert-OH is 3. The number of aromatic nitrogens is 4. The van der Waals surface area contributed by atoms with Gasteiger partial charge in [-0.25, -0.2) is 4.98 Å². The Hall–Kier alpha value is -3.85. The highest BCUT2D eigenvalue weighted by Crippen LogP contribution is 2.33. The third-order valence-electron chi connectivity index (χ3n) is 6.29. The highest BCUT2D eigenvalue weighted by Gasteiger charge is 2.47. The van der Waals surface area contributed by atoms with Crippen LogP contribution in [0, 0.1) is 0 Å². The second-order valence-electron chi connectivity index (χ2n) is 8.98. The van der Waals surface area contributed by atoms with E-state index in [-0.39, 0.29) is 35.8 Å². The van der Waals surface area contributed by atoms with Gasteiger partial charge >= 0.3 is 5.97 Å². The van der Waals surface area contributed by atoms with Crippen LogP contribution in [-0.2, 0) is 27.2 Å². The number of carbonyl (C=O) groups is 2. The van der Waals surface area contributed by atoms with Gasteiger partial charge in [-0.1, -0.05) is 31.2 Å². The predicted molar refractivity (Wildman–Crippen MR) is 135 cm³/mol. The molecule has 1 aliphatic heterocycles. The molecule has 38 heavy (non-hydrogen) atoms. The molecule has 3 heterocycles. The minimum Gasteiger partial charge on any atom is -0.481 e. The average Bonchev–Trinajstić information content (AvgIpc) is 3.44. The van der Waals surface area contributed by atoms with E-state index in [4.69, 9.17) is 15.6 Å². The van der Waals surface area contributed by atoms with Crippen molar-refractivity contribution in [3.63, 3.8) is 0 Å². The number of carboxylic acid groups (broad SMARTS) is 1. The van der Waals surface area contributed by atoms with E-state index >= 15 is 0 Å². The Kier molecular flexibility index (Phi) is 8.36. The molecule has 0 radical (unpaired) electrons. The number of aliphatic hydroxyl groups is 3. The Morgan fingerprint density at radius 1 is 1.13 bits per heavy atom. The molecule has 4 rings (SSSR count). The largest absolute Gasteiger partial charge is 0.481 e. The molecule has 0 spiro atoms. The predicted octanol–water partition coefficient (Wildman–Crippen LogP) is -0.456. The maximum atomic E-state index is 11.6. The van der Waals surface area contributed by atoms with E-state index in [2.05, 4.69) is 25.6 Å². The number of amides is 1. The molecule has 3 aromatic rings. The first-order valence-corrected chi connectivity index (χ1v) is 12.2. The molecule has 1 saturated heterocycles. The molecule has 204 valence electrons. The van der Waals surface area contributed by atoms with Crippen molar-refractivity contribution < 1.29 is 34.8 Å². The van der Waals surface area contributed by atoms with Crippen molar-refractivity contribution in [1.82, 2.24) is 24.8 Å². The highest BCUT2D eigenvalue weighted by atomic mass is 16.6. The van der Waals surface area contributed by atoms with Crippen LogP contribution in [0.5, 0.6) is 0 Å². The number of carbonyl (C=O) groups excluding carboxylic acids is 1. The zero-order valence-electron chi connectivity index (χ0n) is 20.7. The summed E-state index contributed by atoms with van der Waals surface area (Å²) in [5.74, 6) is -0.961. The fourth-order valence-electron chi connectivity index (χ4n) is 4.17. The molecule has 0 saturated carbocycles. The molecule has 0 aliphatic carbocycles. The van der Waals surface area contributed by atoms with E-state index in [0.717, 1.165) is 11.1 Å². The van der Waals surface area contributed by atoms with Crippen LogP contribution in [0.3, 0.4) is 0 Å². The normalized spacial score (nSPS) is 21.9. The summed E-state index contributed by atoms with van der Waals surface area (Å²) in [5, 5.41) is 45.6. The van der Waals surface area contributed by atoms with Crippen molar-refractivity contribution >= 4 is 34.8 Å². The summed E-state index contributed by atoms with van der Waals surface area (Å²) < 4.78 is 7.09. The molecule has 1 aromatic carbocycles. The topological polar surface area (TPSA) is 218 Å². The summed E-state index contributed by atoms with van der Waals surface area (Å²) >= 11 is 0. The lowest BCUT2D eigenvalue weighted by molar-refractivity contribution is -0.137. The molecule has 1 aliphatic rings. The number of carboxylic acids is 1. The molecule has 0 bridgehead atoms. The summed E-state index contributed by atoms with van der Waals surface area (Å²) in [7, 11) is 0. The first kappa shape index (κ1) is 27.2. The Balaban J connectivity index is 1.44. The van der Waals surface area contributed by atoms with Gasteiger partial charge in [0.15, 0.2) is 23.9 Å². The Morgan fingerprint density at radius 3 is 2.47 bits per heavy atom. The minimum atomic E-state index is -1.53. The average molecular weight is 530 g/mol. The standard InChI is InChI=1S/C24H31N7O7/c1-2-14(32)28-22(37)19-17(35)18(36)23(38-19)31-11-27-16-20(25)29-24(30-21(16)31)26-10-9-13-5-3-12(4-6-13)7-8-15(33)34/h3-6,11,17-19,22-23,35-37H,2,7-10H2,1H3,(H,28,32)(H,33,34)(H3,25,26,29,30)/t17-,18+,19-,22?,23+/m0/s1. The number of anilines is 2. The lowest BCUT2D eigenvalue weighted by atomic mass is 10.1. The van der Waals surface area contributed by atoms with Gasteiger partial charge in [-0.3, -0.25) is 14.2 Å². The van der Waals surface area contributed by atoms with Crippen LogP contribution in [0.1, 0.15) is 37.1 Å². The van der Waals surface area contributed by atoms with E-state index in [0.29, 0.717) is 19.4 Å². The number of fused-ring (bicyclic) bond motifs is 1. The smallest absolute Gasteiger partial charge is 0.303 e. The number of aliphatic carboxylic acids is 1. The number of hydrogen-bond acceptors (Lipinski definition) is 11. The zero-order valence-corrected chi connectivity index (χ0v) is 20.7. The maximum absolute atomic E-state index is 11.6. The molecule has 14 heteroatoms. The number of nitrogens with two attached hydrogens (primary N) is 1. The second-order valence-corrected chi connectivity index (χ2v) is 8.98. The SMILES string of the molecule is CCC(=O)NC(O)[C@H]1O[C@@H](n2cnc3c(N)nc(NCCc4ccc(CCC(=O)O)cc4)nc32)[C@H](O)[C@@H]1O. The van der Waals surface area contributed by atoms with Gasteiger partial charge in [-0.05, 0) is 24.0 Å². The van der Waals surface area contributed by atoms with Gasteiger partial charge in [0, 0.05) is 19.4 Å². The molecule has 8 N–H and O–H groups in total. The molecule has 1 amide bonds. The van der Waals surface area contributed by atoms with Crippen LogP contribution in [0.2, 0.25) is 0 Å². The lowest BCUT2D eigenvalue weighted by Crippen LogP contribution is -2.48. The third-order valence-corrected chi connectivity index (χ3v) is 6.29. The number of imidazole rings is 1. The van der Waals surface area contributed by atoms with Gasteiger partial charge in [0.1, 0.15) is 23.8 Å². The van der Waals surface area contributed by atoms with Gasteiger partial charge in [0.25, 0.3) is 0 Å². The summed E-state index contributed by atoms with van der Waals surface area (Å²) in [6, 6.07) is 7.67. The van der Waals surface area contributed by atoms with Crippen LogP contribution in [0.25, 0.3) is 11.2 Å². The lowest BCUT2D eigenvalue weighted by Gasteiger charge is -2.21. The van der Waals surface area contributed by atoms with Crippen LogP contribution in [-0.4, -0.2) is 82.9 Å². The number of rotatable bonds is 11. The van der Waals surface area contributed by atoms with Crippen molar-refractivity contribution in [2.45, 2.75) is 63.4 Å². The van der Waals surface area contributed by atoms with Crippen LogP contribution in [0.4, 0.5) is 11.8 Å². The number of ether oxygens (including phenoxy) is 1. The first-order chi connectivity index (χ1) is 18.2. The maximum Gasteiger partial charge on any atom is 0.303 e. The third kappa shape index (κ3) is 5.99. The van der Waals surface area contributed by atoms with E-state index in [9.17, 15) is 24.9 Å². The van der Waals surface area contributed by atoms with Crippen molar-refractivity contribution in [3.05, 3.63) is 41.7 Å². The molecule has 5 atom stereocenters. The first-order valence-electron chi connectivity index (χ1n) is 12.2. The highest BCUT2D eigenvalue weighted by molar-refractivity contribution is 5.83. The minimum absolute atomic E-state index is 0.0806. The van der Waals surface area contributed by atoms with Crippen molar-refractivity contribution in [3.8, 4) is 0 Å². The number of benzene rings is 1. The van der Waals surface area contributed by atoms with Crippen molar-refractivity contribution in [1.29, 1.82) is 0 Å². The number of nitrogens with zero attached hydrogens (tertiary/aromatic N) is 4. The number of nitrogens with one attached hydrogen (secondary N) is 2. The Bertz CT molecular complexity index is 1280. The van der Waals surface area contributed by atoms with Gasteiger partial charge in [0.2, 0.25) is 11.9 Å². The molecule has 1 unspecified atom stereocenters. The molecular formula is C24H31N7O7. The summed E-state index contributed by atoms with van der Waals surface area (Å²) in [6.07, 6.45) is -4.25. The van der Waals surface area contributed by atoms with E-state index in [1.807, 2.05) is 24.3 Å².